The molecule has 158 valence electrons. The van der Waals surface area contributed by atoms with Crippen molar-refractivity contribution >= 4 is 46.0 Å². The highest BCUT2D eigenvalue weighted by atomic mass is 35.5. The van der Waals surface area contributed by atoms with Gasteiger partial charge in [0, 0.05) is 19.6 Å². The second-order valence-corrected chi connectivity index (χ2v) is 8.30. The van der Waals surface area contributed by atoms with E-state index in [0.29, 0.717) is 29.9 Å². The van der Waals surface area contributed by atoms with Crippen molar-refractivity contribution in [3.63, 3.8) is 0 Å². The molecule has 5 rings (SSSR count). The molecule has 10 heteroatoms. The third kappa shape index (κ3) is 3.18. The lowest BCUT2D eigenvalue weighted by Gasteiger charge is -2.62. The lowest BCUT2D eigenvalue weighted by molar-refractivity contribution is -0.144. The van der Waals surface area contributed by atoms with E-state index in [9.17, 15) is 9.18 Å². The van der Waals surface area contributed by atoms with Gasteiger partial charge in [-0.05, 0) is 36.8 Å². The molecule has 2 aliphatic heterocycles. The number of anilines is 1. The van der Waals surface area contributed by atoms with Crippen LogP contribution in [0.2, 0.25) is 10.0 Å². The van der Waals surface area contributed by atoms with Crippen LogP contribution >= 0.6 is 23.2 Å². The highest BCUT2D eigenvalue weighted by molar-refractivity contribution is 6.42. The largest absolute Gasteiger partial charge is 0.434 e. The molecule has 0 unspecified atom stereocenters. The Morgan fingerprint density at radius 2 is 2.03 bits per heavy atom. The zero-order valence-electron chi connectivity index (χ0n) is 16.2. The predicted octanol–water partition coefficient (Wildman–Crippen LogP) is 4.24. The van der Waals surface area contributed by atoms with Crippen LogP contribution in [0.4, 0.5) is 10.2 Å². The first-order valence-electron chi connectivity index (χ1n) is 9.54. The van der Waals surface area contributed by atoms with Crippen LogP contribution < -0.4 is 9.64 Å². The topological polar surface area (TPSA) is 71.5 Å². The standard InChI is InChI=1S/C21H16Cl2FN5O2/c1-2-16(30)29-8-7-21(29)9-28(10-21)15-6-4-13-19(27-15)20(26-11-25-13)31-14-5-3-12(22)17(23)18(14)24/h2-6,11H,1,7-10H2. The number of halogens is 3. The third-order valence-corrected chi connectivity index (χ3v) is 6.53. The van der Waals surface area contributed by atoms with Crippen LogP contribution in [-0.2, 0) is 4.79 Å². The molecule has 0 saturated carbocycles. The monoisotopic (exact) mass is 459 g/mol. The Morgan fingerprint density at radius 1 is 1.23 bits per heavy atom. The highest BCUT2D eigenvalue weighted by Gasteiger charge is 2.55. The summed E-state index contributed by atoms with van der Waals surface area (Å²) >= 11 is 11.7. The zero-order valence-corrected chi connectivity index (χ0v) is 17.7. The summed E-state index contributed by atoms with van der Waals surface area (Å²) in [5.74, 6) is -0.141. The number of carbonyl (C=O) groups excluding carboxylic acids is 1. The van der Waals surface area contributed by atoms with Gasteiger partial charge in [-0.15, -0.1) is 0 Å². The van der Waals surface area contributed by atoms with E-state index in [1.165, 1.54) is 24.5 Å². The average molecular weight is 460 g/mol. The van der Waals surface area contributed by atoms with Gasteiger partial charge in [-0.1, -0.05) is 29.8 Å². The minimum absolute atomic E-state index is 0.0508. The number of likely N-dealkylation sites (tertiary alicyclic amines) is 1. The number of amides is 1. The molecule has 0 bridgehead atoms. The van der Waals surface area contributed by atoms with Crippen molar-refractivity contribution in [2.75, 3.05) is 24.5 Å². The molecule has 0 atom stereocenters. The normalized spacial score (nSPS) is 16.7. The third-order valence-electron chi connectivity index (χ3n) is 5.75. The number of hydrogen-bond donors (Lipinski definition) is 0. The molecule has 7 nitrogen and oxygen atoms in total. The molecular weight excluding hydrogens is 444 g/mol. The van der Waals surface area contributed by atoms with Crippen molar-refractivity contribution in [3.05, 3.63) is 59.1 Å². The minimum Gasteiger partial charge on any atom is -0.434 e. The number of fused-ring (bicyclic) bond motifs is 1. The first kappa shape index (κ1) is 20.0. The second-order valence-electron chi connectivity index (χ2n) is 7.52. The lowest BCUT2D eigenvalue weighted by Crippen LogP contribution is -2.78. The Kier molecular flexibility index (Phi) is 4.71. The van der Waals surface area contributed by atoms with E-state index < -0.39 is 5.82 Å². The van der Waals surface area contributed by atoms with E-state index in [1.807, 2.05) is 11.0 Å². The molecule has 1 spiro atoms. The van der Waals surface area contributed by atoms with Gasteiger partial charge in [-0.3, -0.25) is 4.79 Å². The fraction of sp³-hybridized carbons (Fsp3) is 0.238. The summed E-state index contributed by atoms with van der Waals surface area (Å²) in [5.41, 5.74) is 0.785. The first-order valence-corrected chi connectivity index (χ1v) is 10.3. The van der Waals surface area contributed by atoms with Crippen molar-refractivity contribution in [2.24, 2.45) is 0 Å². The van der Waals surface area contributed by atoms with Gasteiger partial charge in [-0.2, -0.15) is 4.98 Å². The smallest absolute Gasteiger partial charge is 0.249 e. The van der Waals surface area contributed by atoms with Gasteiger partial charge in [0.2, 0.25) is 11.8 Å². The summed E-state index contributed by atoms with van der Waals surface area (Å²) in [6, 6.07) is 6.47. The second kappa shape index (κ2) is 7.32. The van der Waals surface area contributed by atoms with Gasteiger partial charge in [0.25, 0.3) is 0 Å². The molecule has 4 heterocycles. The first-order chi connectivity index (χ1) is 14.9. The summed E-state index contributed by atoms with van der Waals surface area (Å²) in [7, 11) is 0. The fourth-order valence-corrected chi connectivity index (χ4v) is 4.30. The van der Waals surface area contributed by atoms with Crippen LogP contribution in [0.1, 0.15) is 6.42 Å². The van der Waals surface area contributed by atoms with E-state index >= 15 is 0 Å². The molecule has 1 aromatic carbocycles. The van der Waals surface area contributed by atoms with Gasteiger partial charge in [-0.25, -0.2) is 14.4 Å². The number of benzene rings is 1. The van der Waals surface area contributed by atoms with Crippen molar-refractivity contribution in [3.8, 4) is 11.6 Å². The van der Waals surface area contributed by atoms with E-state index in [2.05, 4.69) is 26.4 Å². The molecule has 31 heavy (non-hydrogen) atoms. The molecule has 2 fully saturated rings. The molecule has 1 amide bonds. The van der Waals surface area contributed by atoms with Gasteiger partial charge in [0.15, 0.2) is 17.1 Å². The number of ether oxygens (including phenoxy) is 1. The molecule has 2 aliphatic rings. The Bertz CT molecular complexity index is 1230. The van der Waals surface area contributed by atoms with Crippen molar-refractivity contribution in [2.45, 2.75) is 12.0 Å². The lowest BCUT2D eigenvalue weighted by atomic mass is 9.77. The van der Waals surface area contributed by atoms with E-state index in [1.54, 1.807) is 6.07 Å². The van der Waals surface area contributed by atoms with E-state index in [-0.39, 0.29) is 33.1 Å². The fourth-order valence-electron chi connectivity index (χ4n) is 4.00. The highest BCUT2D eigenvalue weighted by Crippen LogP contribution is 2.41. The number of carbonyl (C=O) groups is 1. The van der Waals surface area contributed by atoms with Gasteiger partial charge in [0.1, 0.15) is 12.1 Å². The van der Waals surface area contributed by atoms with E-state index in [4.69, 9.17) is 27.9 Å². The summed E-state index contributed by atoms with van der Waals surface area (Å²) in [4.78, 5) is 28.9. The Hall–Kier alpha value is -2.97. The molecular formula is C21H16Cl2FN5O2. The number of aromatic nitrogens is 3. The van der Waals surface area contributed by atoms with Crippen LogP contribution in [0, 0.1) is 5.82 Å². The molecule has 0 N–H and O–H groups in total. The molecule has 2 aromatic heterocycles. The summed E-state index contributed by atoms with van der Waals surface area (Å²) < 4.78 is 20.1. The summed E-state index contributed by atoms with van der Waals surface area (Å²) in [6.45, 7) is 5.67. The summed E-state index contributed by atoms with van der Waals surface area (Å²) in [6.07, 6.45) is 3.62. The predicted molar refractivity (Wildman–Crippen MR) is 115 cm³/mol. The Morgan fingerprint density at radius 3 is 2.74 bits per heavy atom. The quantitative estimate of drug-likeness (QED) is 0.429. The number of nitrogens with zero attached hydrogens (tertiary/aromatic N) is 5. The van der Waals surface area contributed by atoms with Crippen LogP contribution in [0.5, 0.6) is 11.6 Å². The molecule has 0 radical (unpaired) electrons. The molecule has 3 aromatic rings. The Labute approximate surface area is 187 Å². The van der Waals surface area contributed by atoms with Crippen LogP contribution in [0.15, 0.2) is 43.2 Å². The maximum absolute atomic E-state index is 14.4. The van der Waals surface area contributed by atoms with Crippen LogP contribution in [0.25, 0.3) is 11.0 Å². The van der Waals surface area contributed by atoms with Crippen molar-refractivity contribution in [1.29, 1.82) is 0 Å². The maximum Gasteiger partial charge on any atom is 0.249 e. The van der Waals surface area contributed by atoms with Crippen molar-refractivity contribution < 1.29 is 13.9 Å². The zero-order chi connectivity index (χ0) is 21.8. The SMILES string of the molecule is C=CC(=O)N1CCC12CN(c1ccc3ncnc(Oc4ccc(Cl)c(Cl)c4F)c3n1)C2. The molecule has 2 saturated heterocycles. The Balaban J connectivity index is 1.43. The molecule has 0 aliphatic carbocycles. The van der Waals surface area contributed by atoms with Crippen LogP contribution in [0.3, 0.4) is 0 Å². The van der Waals surface area contributed by atoms with Gasteiger partial charge >= 0.3 is 0 Å². The van der Waals surface area contributed by atoms with E-state index in [0.717, 1.165) is 13.0 Å². The minimum atomic E-state index is -0.779. The maximum atomic E-state index is 14.4. The number of pyridine rings is 1. The summed E-state index contributed by atoms with van der Waals surface area (Å²) in [5, 5.41) is -0.137. The number of rotatable bonds is 4. The van der Waals surface area contributed by atoms with Gasteiger partial charge < -0.3 is 14.5 Å². The van der Waals surface area contributed by atoms with Crippen LogP contribution in [-0.4, -0.2) is 50.9 Å². The van der Waals surface area contributed by atoms with Crippen molar-refractivity contribution in [1.82, 2.24) is 19.9 Å². The van der Waals surface area contributed by atoms with Gasteiger partial charge in [0.05, 0.1) is 21.1 Å². The number of hydrogen-bond acceptors (Lipinski definition) is 6. The average Bonchev–Trinajstić information content (AvgIpc) is 2.72.